The number of hydrogen-bond donors (Lipinski definition) is 2. The molecule has 1 aliphatic carbocycles. The average molecular weight is 358 g/mol. The normalized spacial score (nSPS) is 21.6. The highest BCUT2D eigenvalue weighted by atomic mass is 16.4. The van der Waals surface area contributed by atoms with Crippen LogP contribution in [-0.4, -0.2) is 39.9 Å². The predicted molar refractivity (Wildman–Crippen MR) is 96.5 cm³/mol. The number of nitrogens with one attached hydrogen (secondary N) is 1. The molecule has 2 amide bonds. The molecule has 2 N–H and O–H groups in total. The van der Waals surface area contributed by atoms with Gasteiger partial charge in [-0.1, -0.05) is 43.5 Å². The SMILES string of the molecule is CC(=O)N1CCc2ccccc2[C@@H]1CC(=O)NC1(C(=O)O)CCCCC1. The first-order chi connectivity index (χ1) is 12.4. The van der Waals surface area contributed by atoms with Gasteiger partial charge in [-0.2, -0.15) is 0 Å². The third-order valence-corrected chi connectivity index (χ3v) is 5.69. The van der Waals surface area contributed by atoms with Crippen LogP contribution in [0.1, 0.15) is 62.6 Å². The largest absolute Gasteiger partial charge is 0.480 e. The molecule has 0 bridgehead atoms. The summed E-state index contributed by atoms with van der Waals surface area (Å²) in [7, 11) is 0. The number of carbonyl (C=O) groups is 3. The Kier molecular flexibility index (Phi) is 5.30. The van der Waals surface area contributed by atoms with Crippen LogP contribution in [0.2, 0.25) is 0 Å². The maximum absolute atomic E-state index is 12.8. The third kappa shape index (κ3) is 3.59. The highest BCUT2D eigenvalue weighted by Crippen LogP contribution is 2.33. The lowest BCUT2D eigenvalue weighted by Gasteiger charge is -2.38. The maximum atomic E-state index is 12.8. The molecule has 140 valence electrons. The van der Waals surface area contributed by atoms with Gasteiger partial charge in [0.25, 0.3) is 0 Å². The lowest BCUT2D eigenvalue weighted by atomic mass is 9.81. The first kappa shape index (κ1) is 18.4. The molecular formula is C20H26N2O4. The summed E-state index contributed by atoms with van der Waals surface area (Å²) in [5.74, 6) is -1.33. The van der Waals surface area contributed by atoms with Gasteiger partial charge in [0.1, 0.15) is 5.54 Å². The molecule has 1 aromatic rings. The van der Waals surface area contributed by atoms with Gasteiger partial charge in [-0.25, -0.2) is 4.79 Å². The second-order valence-corrected chi connectivity index (χ2v) is 7.38. The Morgan fingerprint density at radius 1 is 1.19 bits per heavy atom. The van der Waals surface area contributed by atoms with Crippen molar-refractivity contribution in [3.63, 3.8) is 0 Å². The molecule has 0 spiro atoms. The van der Waals surface area contributed by atoms with Crippen molar-refractivity contribution in [1.29, 1.82) is 0 Å². The van der Waals surface area contributed by atoms with Crippen molar-refractivity contribution in [2.75, 3.05) is 6.54 Å². The Hall–Kier alpha value is -2.37. The zero-order valence-electron chi connectivity index (χ0n) is 15.2. The van der Waals surface area contributed by atoms with Crippen LogP contribution in [0.15, 0.2) is 24.3 Å². The zero-order valence-corrected chi connectivity index (χ0v) is 15.2. The van der Waals surface area contributed by atoms with Crippen LogP contribution >= 0.6 is 0 Å². The number of carbonyl (C=O) groups excluding carboxylic acids is 2. The van der Waals surface area contributed by atoms with Gasteiger partial charge in [0.05, 0.1) is 12.5 Å². The predicted octanol–water partition coefficient (Wildman–Crippen LogP) is 2.43. The molecule has 26 heavy (non-hydrogen) atoms. The number of fused-ring (bicyclic) bond motifs is 1. The van der Waals surface area contributed by atoms with Crippen molar-refractivity contribution < 1.29 is 19.5 Å². The van der Waals surface area contributed by atoms with E-state index in [1.165, 1.54) is 6.92 Å². The molecule has 2 aliphatic rings. The summed E-state index contributed by atoms with van der Waals surface area (Å²) in [6.45, 7) is 2.09. The summed E-state index contributed by atoms with van der Waals surface area (Å²) >= 11 is 0. The monoisotopic (exact) mass is 358 g/mol. The molecule has 1 fully saturated rings. The number of rotatable bonds is 4. The van der Waals surface area contributed by atoms with Crippen molar-refractivity contribution in [3.8, 4) is 0 Å². The van der Waals surface area contributed by atoms with Gasteiger partial charge >= 0.3 is 5.97 Å². The standard InChI is InChI=1S/C20H26N2O4/c1-14(23)22-12-9-15-7-3-4-8-16(15)17(22)13-18(24)21-20(19(25)26)10-5-2-6-11-20/h3-4,7-8,17H,2,5-6,9-13H2,1H3,(H,21,24)(H,25,26)/t17-/m0/s1. The number of carboxylic acids is 1. The van der Waals surface area contributed by atoms with Crippen molar-refractivity contribution in [2.45, 2.75) is 63.5 Å². The van der Waals surface area contributed by atoms with Gasteiger partial charge < -0.3 is 15.3 Å². The lowest BCUT2D eigenvalue weighted by molar-refractivity contribution is -0.149. The fraction of sp³-hybridized carbons (Fsp3) is 0.550. The molecule has 1 aliphatic heterocycles. The van der Waals surface area contributed by atoms with E-state index in [9.17, 15) is 19.5 Å². The molecule has 6 nitrogen and oxygen atoms in total. The number of carboxylic acid groups (broad SMARTS) is 1. The molecule has 6 heteroatoms. The quantitative estimate of drug-likeness (QED) is 0.865. The molecule has 1 atom stereocenters. The summed E-state index contributed by atoms with van der Waals surface area (Å²) in [5, 5.41) is 12.5. The van der Waals surface area contributed by atoms with Crippen LogP contribution in [-0.2, 0) is 20.8 Å². The Balaban J connectivity index is 1.80. The minimum atomic E-state index is -1.16. The molecule has 1 heterocycles. The van der Waals surface area contributed by atoms with E-state index in [-0.39, 0.29) is 24.3 Å². The molecule has 0 unspecified atom stereocenters. The van der Waals surface area contributed by atoms with Crippen LogP contribution in [0, 0.1) is 0 Å². The number of benzene rings is 1. The average Bonchev–Trinajstić information content (AvgIpc) is 2.62. The van der Waals surface area contributed by atoms with E-state index in [0.29, 0.717) is 19.4 Å². The lowest BCUT2D eigenvalue weighted by Crippen LogP contribution is -2.56. The molecule has 1 saturated carbocycles. The minimum absolute atomic E-state index is 0.0667. The second-order valence-electron chi connectivity index (χ2n) is 7.38. The molecular weight excluding hydrogens is 332 g/mol. The van der Waals surface area contributed by atoms with Crippen LogP contribution < -0.4 is 5.32 Å². The highest BCUT2D eigenvalue weighted by Gasteiger charge is 2.42. The van der Waals surface area contributed by atoms with Crippen LogP contribution in [0.3, 0.4) is 0 Å². The van der Waals surface area contributed by atoms with E-state index in [2.05, 4.69) is 5.32 Å². The second kappa shape index (κ2) is 7.48. The van der Waals surface area contributed by atoms with Crippen molar-refractivity contribution in [1.82, 2.24) is 10.2 Å². The van der Waals surface area contributed by atoms with Gasteiger partial charge in [-0.15, -0.1) is 0 Å². The van der Waals surface area contributed by atoms with E-state index >= 15 is 0 Å². The molecule has 0 saturated heterocycles. The van der Waals surface area contributed by atoms with Crippen LogP contribution in [0.4, 0.5) is 0 Å². The zero-order chi connectivity index (χ0) is 18.7. The van der Waals surface area contributed by atoms with Crippen LogP contribution in [0.25, 0.3) is 0 Å². The number of aliphatic carboxylic acids is 1. The van der Waals surface area contributed by atoms with Crippen LogP contribution in [0.5, 0.6) is 0 Å². The van der Waals surface area contributed by atoms with E-state index in [1.807, 2.05) is 24.3 Å². The van der Waals surface area contributed by atoms with Gasteiger partial charge in [0.2, 0.25) is 11.8 Å². The summed E-state index contributed by atoms with van der Waals surface area (Å²) in [6.07, 6.45) is 4.39. The van der Waals surface area contributed by atoms with Gasteiger partial charge in [-0.3, -0.25) is 9.59 Å². The number of nitrogens with zero attached hydrogens (tertiary/aromatic N) is 1. The Morgan fingerprint density at radius 3 is 2.54 bits per heavy atom. The molecule has 0 aromatic heterocycles. The first-order valence-electron chi connectivity index (χ1n) is 9.32. The Bertz CT molecular complexity index is 710. The third-order valence-electron chi connectivity index (χ3n) is 5.69. The van der Waals surface area contributed by atoms with Gasteiger partial charge in [-0.05, 0) is 30.4 Å². The van der Waals surface area contributed by atoms with Gasteiger partial charge in [0.15, 0.2) is 0 Å². The summed E-state index contributed by atoms with van der Waals surface area (Å²) in [6, 6.07) is 7.51. The molecule has 3 rings (SSSR count). The minimum Gasteiger partial charge on any atom is -0.480 e. The first-order valence-corrected chi connectivity index (χ1v) is 9.32. The summed E-state index contributed by atoms with van der Waals surface area (Å²) in [4.78, 5) is 38.3. The van der Waals surface area contributed by atoms with E-state index in [4.69, 9.17) is 0 Å². The Morgan fingerprint density at radius 2 is 1.88 bits per heavy atom. The van der Waals surface area contributed by atoms with E-state index in [0.717, 1.165) is 36.8 Å². The smallest absolute Gasteiger partial charge is 0.329 e. The molecule has 0 radical (unpaired) electrons. The number of amides is 2. The highest BCUT2D eigenvalue weighted by molar-refractivity contribution is 5.88. The van der Waals surface area contributed by atoms with E-state index in [1.54, 1.807) is 4.90 Å². The van der Waals surface area contributed by atoms with Crippen molar-refractivity contribution >= 4 is 17.8 Å². The van der Waals surface area contributed by atoms with Gasteiger partial charge in [0, 0.05) is 13.5 Å². The fourth-order valence-electron chi connectivity index (χ4n) is 4.29. The number of hydrogen-bond acceptors (Lipinski definition) is 3. The van der Waals surface area contributed by atoms with E-state index < -0.39 is 11.5 Å². The van der Waals surface area contributed by atoms with Crippen molar-refractivity contribution in [3.05, 3.63) is 35.4 Å². The summed E-state index contributed by atoms with van der Waals surface area (Å²) < 4.78 is 0. The molecule has 1 aromatic carbocycles. The summed E-state index contributed by atoms with van der Waals surface area (Å²) in [5.41, 5.74) is 0.968. The fourth-order valence-corrected chi connectivity index (χ4v) is 4.29. The topological polar surface area (TPSA) is 86.7 Å². The Labute approximate surface area is 153 Å². The van der Waals surface area contributed by atoms with Crippen molar-refractivity contribution in [2.24, 2.45) is 0 Å². The maximum Gasteiger partial charge on any atom is 0.329 e.